The molecule has 0 aliphatic heterocycles. The first-order valence-electron chi connectivity index (χ1n) is 8.07. The van der Waals surface area contributed by atoms with Crippen molar-refractivity contribution in [3.05, 3.63) is 41.5 Å². The van der Waals surface area contributed by atoms with Crippen LogP contribution >= 0.6 is 11.3 Å². The summed E-state index contributed by atoms with van der Waals surface area (Å²) >= 11 is 1.79. The number of nitrogens with zero attached hydrogens (tertiary/aromatic N) is 2. The molecule has 3 rings (SSSR count). The van der Waals surface area contributed by atoms with Crippen molar-refractivity contribution in [1.82, 2.24) is 9.88 Å². The monoisotopic (exact) mass is 316 g/mol. The second-order valence-corrected chi connectivity index (χ2v) is 7.37. The van der Waals surface area contributed by atoms with E-state index in [1.54, 1.807) is 11.3 Å². The van der Waals surface area contributed by atoms with E-state index in [4.69, 9.17) is 0 Å². The summed E-state index contributed by atoms with van der Waals surface area (Å²) in [7, 11) is 2.20. The molecule has 0 unspecified atom stereocenters. The Kier molecular flexibility index (Phi) is 5.24. The average Bonchev–Trinajstić information content (AvgIpc) is 3.04. The molecule has 4 heteroatoms. The maximum Gasteiger partial charge on any atom is 0.107 e. The zero-order valence-electron chi connectivity index (χ0n) is 13.1. The van der Waals surface area contributed by atoms with E-state index in [0.717, 1.165) is 19.4 Å². The Bertz CT molecular complexity index is 576. The molecule has 2 aromatic rings. The smallest absolute Gasteiger partial charge is 0.107 e. The molecule has 0 amide bonds. The number of aliphatic hydroxyl groups excluding tert-OH is 1. The van der Waals surface area contributed by atoms with Crippen molar-refractivity contribution in [2.24, 2.45) is 5.92 Å². The first-order valence-corrected chi connectivity index (χ1v) is 8.89. The van der Waals surface area contributed by atoms with Crippen LogP contribution in [-0.4, -0.2) is 34.7 Å². The van der Waals surface area contributed by atoms with Crippen molar-refractivity contribution in [2.75, 3.05) is 13.7 Å². The van der Waals surface area contributed by atoms with Crippen LogP contribution in [0.2, 0.25) is 0 Å². The topological polar surface area (TPSA) is 36.4 Å². The van der Waals surface area contributed by atoms with E-state index >= 15 is 0 Å². The van der Waals surface area contributed by atoms with Crippen LogP contribution < -0.4 is 0 Å². The average molecular weight is 316 g/mol. The lowest BCUT2D eigenvalue weighted by Gasteiger charge is -2.33. The van der Waals surface area contributed by atoms with E-state index in [9.17, 15) is 5.11 Å². The molecule has 1 aromatic heterocycles. The fraction of sp³-hybridized carbons (Fsp3) is 0.500. The van der Waals surface area contributed by atoms with Crippen LogP contribution in [0, 0.1) is 5.92 Å². The van der Waals surface area contributed by atoms with Crippen LogP contribution in [0.3, 0.4) is 0 Å². The Balaban J connectivity index is 1.58. The Morgan fingerprint density at radius 2 is 1.91 bits per heavy atom. The van der Waals surface area contributed by atoms with Crippen LogP contribution in [-0.2, 0) is 6.54 Å². The minimum atomic E-state index is 0.351. The zero-order chi connectivity index (χ0) is 15.4. The summed E-state index contributed by atoms with van der Waals surface area (Å²) in [5, 5.41) is 10.4. The van der Waals surface area contributed by atoms with Crippen LogP contribution in [0.15, 0.2) is 36.5 Å². The highest BCUT2D eigenvalue weighted by molar-refractivity contribution is 7.15. The molecule has 118 valence electrons. The van der Waals surface area contributed by atoms with Crippen molar-refractivity contribution in [3.63, 3.8) is 0 Å². The molecule has 1 heterocycles. The second-order valence-electron chi connectivity index (χ2n) is 6.26. The van der Waals surface area contributed by atoms with Gasteiger partial charge in [-0.2, -0.15) is 0 Å². The van der Waals surface area contributed by atoms with Gasteiger partial charge in [-0.3, -0.25) is 4.90 Å². The van der Waals surface area contributed by atoms with Gasteiger partial charge in [0, 0.05) is 18.8 Å². The predicted octanol–water partition coefficient (Wildman–Crippen LogP) is 3.79. The Labute approximate surface area is 136 Å². The molecule has 1 aliphatic carbocycles. The highest BCUT2D eigenvalue weighted by Crippen LogP contribution is 2.30. The van der Waals surface area contributed by atoms with Gasteiger partial charge in [0.1, 0.15) is 5.01 Å². The van der Waals surface area contributed by atoms with Crippen molar-refractivity contribution < 1.29 is 5.11 Å². The molecule has 1 aromatic carbocycles. The quantitative estimate of drug-likeness (QED) is 0.911. The first-order chi connectivity index (χ1) is 10.8. The zero-order valence-corrected chi connectivity index (χ0v) is 13.9. The van der Waals surface area contributed by atoms with Gasteiger partial charge >= 0.3 is 0 Å². The van der Waals surface area contributed by atoms with Crippen molar-refractivity contribution in [3.8, 4) is 10.4 Å². The Hall–Kier alpha value is -1.23. The predicted molar refractivity (Wildman–Crippen MR) is 91.8 cm³/mol. The lowest BCUT2D eigenvalue weighted by molar-refractivity contribution is 0.124. The minimum Gasteiger partial charge on any atom is -0.396 e. The van der Waals surface area contributed by atoms with E-state index in [-0.39, 0.29) is 0 Å². The highest BCUT2D eigenvalue weighted by atomic mass is 32.1. The fourth-order valence-corrected chi connectivity index (χ4v) is 4.22. The molecule has 3 nitrogen and oxygen atoms in total. The molecule has 0 radical (unpaired) electrons. The van der Waals surface area contributed by atoms with Gasteiger partial charge in [0.05, 0.1) is 11.4 Å². The maximum atomic E-state index is 9.24. The van der Waals surface area contributed by atoms with Crippen LogP contribution in [0.1, 0.15) is 30.7 Å². The molecular formula is C18H24N2OS. The lowest BCUT2D eigenvalue weighted by atomic mass is 9.86. The van der Waals surface area contributed by atoms with E-state index < -0.39 is 0 Å². The summed E-state index contributed by atoms with van der Waals surface area (Å²) in [4.78, 5) is 8.27. The molecular weight excluding hydrogens is 292 g/mol. The second kappa shape index (κ2) is 7.36. The number of aromatic nitrogens is 1. The van der Waals surface area contributed by atoms with Crippen molar-refractivity contribution in [1.29, 1.82) is 0 Å². The fourth-order valence-electron chi connectivity index (χ4n) is 3.23. The van der Waals surface area contributed by atoms with Crippen molar-refractivity contribution in [2.45, 2.75) is 38.3 Å². The molecule has 0 bridgehead atoms. The van der Waals surface area contributed by atoms with Gasteiger partial charge in [0.15, 0.2) is 0 Å². The molecule has 1 fully saturated rings. The van der Waals surface area contributed by atoms with Gasteiger partial charge in [-0.15, -0.1) is 11.3 Å². The molecule has 1 aliphatic rings. The first kappa shape index (κ1) is 15.7. The van der Waals surface area contributed by atoms with Gasteiger partial charge in [-0.25, -0.2) is 4.98 Å². The van der Waals surface area contributed by atoms with Gasteiger partial charge in [-0.05, 0) is 44.2 Å². The SMILES string of the molecule is CN(Cc1ncc(-c2ccccc2)s1)C1CCC(CO)CC1. The standard InChI is InChI=1S/C18H24N2OS/c1-20(16-9-7-14(13-21)8-10-16)12-18-19-11-17(22-18)15-5-3-2-4-6-15/h2-6,11,14,16,21H,7-10,12-13H2,1H3. The van der Waals surface area contributed by atoms with E-state index in [0.29, 0.717) is 18.6 Å². The van der Waals surface area contributed by atoms with E-state index in [1.807, 2.05) is 12.3 Å². The van der Waals surface area contributed by atoms with Gasteiger partial charge < -0.3 is 5.11 Å². The summed E-state index contributed by atoms with van der Waals surface area (Å²) < 4.78 is 0. The van der Waals surface area contributed by atoms with Crippen LogP contribution in [0.5, 0.6) is 0 Å². The maximum absolute atomic E-state index is 9.24. The van der Waals surface area contributed by atoms with Crippen molar-refractivity contribution >= 4 is 11.3 Å². The summed E-state index contributed by atoms with van der Waals surface area (Å²) in [6.07, 6.45) is 6.68. The molecule has 1 N–H and O–H groups in total. The largest absolute Gasteiger partial charge is 0.396 e. The Morgan fingerprint density at radius 1 is 1.18 bits per heavy atom. The molecule has 0 spiro atoms. The van der Waals surface area contributed by atoms with Crippen LogP contribution in [0.25, 0.3) is 10.4 Å². The van der Waals surface area contributed by atoms with Crippen LogP contribution in [0.4, 0.5) is 0 Å². The number of hydrogen-bond acceptors (Lipinski definition) is 4. The van der Waals surface area contributed by atoms with Gasteiger partial charge in [0.2, 0.25) is 0 Å². The lowest BCUT2D eigenvalue weighted by Crippen LogP contribution is -2.35. The van der Waals surface area contributed by atoms with Gasteiger partial charge in [0.25, 0.3) is 0 Å². The summed E-state index contributed by atoms with van der Waals surface area (Å²) in [6.45, 7) is 1.27. The van der Waals surface area contributed by atoms with E-state index in [1.165, 1.54) is 28.3 Å². The number of thiazole rings is 1. The third kappa shape index (κ3) is 3.75. The van der Waals surface area contributed by atoms with Gasteiger partial charge in [-0.1, -0.05) is 30.3 Å². The number of hydrogen-bond donors (Lipinski definition) is 1. The summed E-state index contributed by atoms with van der Waals surface area (Å²) in [5.74, 6) is 0.522. The number of aliphatic hydroxyl groups is 1. The Morgan fingerprint density at radius 3 is 2.59 bits per heavy atom. The molecule has 0 atom stereocenters. The van der Waals surface area contributed by atoms with E-state index in [2.05, 4.69) is 41.2 Å². The minimum absolute atomic E-state index is 0.351. The number of rotatable bonds is 5. The summed E-state index contributed by atoms with van der Waals surface area (Å²) in [6, 6.07) is 11.1. The normalized spacial score (nSPS) is 22.1. The third-order valence-electron chi connectivity index (χ3n) is 4.69. The molecule has 22 heavy (non-hydrogen) atoms. The number of benzene rings is 1. The summed E-state index contributed by atoms with van der Waals surface area (Å²) in [5.41, 5.74) is 1.25. The molecule has 1 saturated carbocycles. The highest BCUT2D eigenvalue weighted by Gasteiger charge is 2.24. The molecule has 0 saturated heterocycles. The third-order valence-corrected chi connectivity index (χ3v) is 5.73.